The maximum absolute atomic E-state index is 14.4. The Morgan fingerprint density at radius 2 is 1.93 bits per heavy atom. The topological polar surface area (TPSA) is 146 Å². The molecule has 42 heavy (non-hydrogen) atoms. The zero-order valence-corrected chi connectivity index (χ0v) is 23.0. The molecular weight excluding hydrogens is 551 g/mol. The van der Waals surface area contributed by atoms with Gasteiger partial charge in [-0.25, -0.2) is 27.4 Å². The van der Waals surface area contributed by atoms with Crippen LogP contribution in [0.1, 0.15) is 73.7 Å². The highest BCUT2D eigenvalue weighted by Crippen LogP contribution is 2.32. The lowest BCUT2D eigenvalue weighted by Gasteiger charge is -2.30. The standard InChI is InChI=1S/C28H30F3N9O2/c1-28(2,42)24(29)14-34-27(41)20-13-33-22(23-8-7-19-9-16(11-32)12-36-40(19)23)10-21(20)37-17-3-5-18(6-4-17)39-15-35-26(38-39)25(30)31/h7-10,12-13,15,17-18,24-25,42H,3-6,14H2,1-2H3,(H,33,37)(H,34,41)/t17-,18-,24-/m1/s1. The van der Waals surface area contributed by atoms with Crippen LogP contribution in [0.25, 0.3) is 16.9 Å². The minimum atomic E-state index is -2.73. The first-order chi connectivity index (χ1) is 20.0. The Bertz CT molecular complexity index is 1610. The molecule has 1 fully saturated rings. The number of rotatable bonds is 9. The van der Waals surface area contributed by atoms with Gasteiger partial charge in [0.15, 0.2) is 0 Å². The van der Waals surface area contributed by atoms with Gasteiger partial charge in [-0.05, 0) is 63.8 Å². The molecule has 0 saturated heterocycles. The molecule has 1 aliphatic rings. The molecule has 5 rings (SSSR count). The first kappa shape index (κ1) is 29.0. The van der Waals surface area contributed by atoms with Gasteiger partial charge in [0, 0.05) is 12.2 Å². The number of carbonyl (C=O) groups excluding carboxylic acids is 1. The summed E-state index contributed by atoms with van der Waals surface area (Å²) in [5, 5.41) is 33.3. The molecule has 1 aliphatic carbocycles. The number of nitrogens with one attached hydrogen (secondary N) is 2. The highest BCUT2D eigenvalue weighted by atomic mass is 19.3. The lowest BCUT2D eigenvalue weighted by molar-refractivity contribution is -0.00177. The quantitative estimate of drug-likeness (QED) is 0.266. The van der Waals surface area contributed by atoms with Crippen LogP contribution >= 0.6 is 0 Å². The minimum Gasteiger partial charge on any atom is -0.387 e. The fraction of sp³-hybridized carbons (Fsp3) is 0.429. The summed E-state index contributed by atoms with van der Waals surface area (Å²) in [6.07, 6.45) is 2.44. The van der Waals surface area contributed by atoms with Crippen LogP contribution < -0.4 is 10.6 Å². The van der Waals surface area contributed by atoms with Crippen LogP contribution in [0.5, 0.6) is 0 Å². The summed E-state index contributed by atoms with van der Waals surface area (Å²) < 4.78 is 43.3. The number of halogens is 3. The summed E-state index contributed by atoms with van der Waals surface area (Å²) >= 11 is 0. The smallest absolute Gasteiger partial charge is 0.299 e. The van der Waals surface area contributed by atoms with E-state index in [0.717, 1.165) is 0 Å². The number of aliphatic hydroxyl groups is 1. The van der Waals surface area contributed by atoms with Crippen molar-refractivity contribution in [3.8, 4) is 17.5 Å². The summed E-state index contributed by atoms with van der Waals surface area (Å²) in [5.74, 6) is -1.05. The number of alkyl halides is 3. The van der Waals surface area contributed by atoms with Gasteiger partial charge >= 0.3 is 0 Å². The van der Waals surface area contributed by atoms with Crippen molar-refractivity contribution in [1.29, 1.82) is 5.26 Å². The van der Waals surface area contributed by atoms with E-state index in [9.17, 15) is 28.3 Å². The van der Waals surface area contributed by atoms with E-state index in [0.29, 0.717) is 53.8 Å². The number of nitriles is 1. The van der Waals surface area contributed by atoms with Crippen LogP contribution in [0.15, 0.2) is 43.0 Å². The number of anilines is 1. The molecule has 11 nitrogen and oxygen atoms in total. The molecule has 4 aromatic heterocycles. The third-order valence-electron chi connectivity index (χ3n) is 7.40. The van der Waals surface area contributed by atoms with Crippen molar-refractivity contribution in [2.45, 2.75) is 69.8 Å². The van der Waals surface area contributed by atoms with E-state index in [4.69, 9.17) is 0 Å². The number of carbonyl (C=O) groups is 1. The molecule has 0 aromatic carbocycles. The molecule has 0 radical (unpaired) electrons. The van der Waals surface area contributed by atoms with Crippen molar-refractivity contribution < 1.29 is 23.1 Å². The summed E-state index contributed by atoms with van der Waals surface area (Å²) in [7, 11) is 0. The Morgan fingerprint density at radius 1 is 1.17 bits per heavy atom. The molecule has 220 valence electrons. The second-order valence-electron chi connectivity index (χ2n) is 10.9. The average molecular weight is 582 g/mol. The SMILES string of the molecule is CC(C)(O)[C@H](F)CNC(=O)c1cnc(-c2ccc3cc(C#N)cnn23)cc1N[C@H]1CC[C@H](n2cnc(C(F)F)n2)CC1. The number of fused-ring (bicyclic) bond motifs is 1. The lowest BCUT2D eigenvalue weighted by atomic mass is 9.91. The van der Waals surface area contributed by atoms with Gasteiger partial charge in [0.05, 0.1) is 58.1 Å². The molecule has 1 saturated carbocycles. The summed E-state index contributed by atoms with van der Waals surface area (Å²) in [5.41, 5.74) is 1.32. The minimum absolute atomic E-state index is 0.0492. The molecular formula is C28H30F3N9O2. The molecule has 0 unspecified atom stereocenters. The third kappa shape index (κ3) is 6.20. The fourth-order valence-corrected chi connectivity index (χ4v) is 4.95. The fourth-order valence-electron chi connectivity index (χ4n) is 4.95. The molecule has 1 atom stereocenters. The van der Waals surface area contributed by atoms with Crippen LogP contribution in [0, 0.1) is 11.3 Å². The van der Waals surface area contributed by atoms with Crippen LogP contribution in [-0.4, -0.2) is 64.7 Å². The second kappa shape index (κ2) is 11.8. The van der Waals surface area contributed by atoms with E-state index < -0.39 is 29.9 Å². The first-order valence-electron chi connectivity index (χ1n) is 13.5. The molecule has 0 aliphatic heterocycles. The van der Waals surface area contributed by atoms with Gasteiger partial charge in [0.2, 0.25) is 5.82 Å². The van der Waals surface area contributed by atoms with Gasteiger partial charge < -0.3 is 15.7 Å². The van der Waals surface area contributed by atoms with Crippen molar-refractivity contribution >= 4 is 17.1 Å². The van der Waals surface area contributed by atoms with Gasteiger partial charge in [-0.15, -0.1) is 5.10 Å². The van der Waals surface area contributed by atoms with E-state index in [1.807, 2.05) is 12.1 Å². The van der Waals surface area contributed by atoms with E-state index >= 15 is 0 Å². The number of nitrogens with zero attached hydrogens (tertiary/aromatic N) is 7. The number of aromatic nitrogens is 6. The van der Waals surface area contributed by atoms with Crippen LogP contribution in [0.4, 0.5) is 18.9 Å². The average Bonchev–Trinajstić information content (AvgIpc) is 3.63. The summed E-state index contributed by atoms with van der Waals surface area (Å²) in [6, 6.07) is 8.98. The molecule has 0 spiro atoms. The van der Waals surface area contributed by atoms with Crippen molar-refractivity contribution in [3.05, 3.63) is 59.9 Å². The van der Waals surface area contributed by atoms with Gasteiger partial charge in [0.1, 0.15) is 18.6 Å². The number of amides is 1. The Morgan fingerprint density at radius 3 is 2.60 bits per heavy atom. The van der Waals surface area contributed by atoms with Gasteiger partial charge in [0.25, 0.3) is 12.3 Å². The van der Waals surface area contributed by atoms with Gasteiger partial charge in [-0.1, -0.05) is 0 Å². The third-order valence-corrected chi connectivity index (χ3v) is 7.40. The van der Waals surface area contributed by atoms with Crippen molar-refractivity contribution in [2.24, 2.45) is 0 Å². The highest BCUT2D eigenvalue weighted by Gasteiger charge is 2.29. The van der Waals surface area contributed by atoms with Crippen LogP contribution in [0.3, 0.4) is 0 Å². The Balaban J connectivity index is 1.38. The highest BCUT2D eigenvalue weighted by molar-refractivity contribution is 6.00. The number of hydrogen-bond acceptors (Lipinski definition) is 8. The van der Waals surface area contributed by atoms with Gasteiger partial charge in [-0.2, -0.15) is 10.4 Å². The number of hydrogen-bond donors (Lipinski definition) is 3. The second-order valence-corrected chi connectivity index (χ2v) is 10.9. The van der Waals surface area contributed by atoms with Crippen LogP contribution in [0.2, 0.25) is 0 Å². The van der Waals surface area contributed by atoms with Crippen LogP contribution in [-0.2, 0) is 0 Å². The molecule has 4 heterocycles. The van der Waals surface area contributed by atoms with E-state index in [2.05, 4.69) is 36.9 Å². The monoisotopic (exact) mass is 581 g/mol. The maximum atomic E-state index is 14.4. The molecule has 1 amide bonds. The van der Waals surface area contributed by atoms with E-state index in [-0.39, 0.29) is 24.2 Å². The molecule has 0 bridgehead atoms. The molecule has 3 N–H and O–H groups in total. The lowest BCUT2D eigenvalue weighted by Crippen LogP contribution is -2.42. The zero-order chi connectivity index (χ0) is 30.0. The van der Waals surface area contributed by atoms with Crippen molar-refractivity contribution in [2.75, 3.05) is 11.9 Å². The Kier molecular flexibility index (Phi) is 8.13. The normalized spacial score (nSPS) is 18.1. The first-order valence-corrected chi connectivity index (χ1v) is 13.5. The number of pyridine rings is 1. The molecule has 4 aromatic rings. The van der Waals surface area contributed by atoms with Crippen molar-refractivity contribution in [3.63, 3.8) is 0 Å². The maximum Gasteiger partial charge on any atom is 0.299 e. The predicted molar refractivity (Wildman–Crippen MR) is 147 cm³/mol. The van der Waals surface area contributed by atoms with Crippen molar-refractivity contribution in [1.82, 2.24) is 34.7 Å². The van der Waals surface area contributed by atoms with Gasteiger partial charge in [-0.3, -0.25) is 9.78 Å². The predicted octanol–water partition coefficient (Wildman–Crippen LogP) is 4.23. The largest absolute Gasteiger partial charge is 0.387 e. The summed E-state index contributed by atoms with van der Waals surface area (Å²) in [4.78, 5) is 21.3. The molecule has 14 heteroatoms. The Hall–Kier alpha value is -4.51. The Labute approximate surface area is 239 Å². The zero-order valence-electron chi connectivity index (χ0n) is 23.0. The van der Waals surface area contributed by atoms with E-state index in [1.54, 1.807) is 16.6 Å². The van der Waals surface area contributed by atoms with E-state index in [1.165, 1.54) is 37.3 Å². The summed E-state index contributed by atoms with van der Waals surface area (Å²) in [6.45, 7) is 2.26.